The quantitative estimate of drug-likeness (QED) is 0.669. The van der Waals surface area contributed by atoms with Crippen molar-refractivity contribution in [1.29, 1.82) is 0 Å². The summed E-state index contributed by atoms with van der Waals surface area (Å²) in [4.78, 5) is 12.4. The fourth-order valence-electron chi connectivity index (χ4n) is 2.77. The molecule has 0 radical (unpaired) electrons. The Hall–Kier alpha value is -2.20. The van der Waals surface area contributed by atoms with E-state index >= 15 is 0 Å². The predicted octanol–water partition coefficient (Wildman–Crippen LogP) is 4.42. The van der Waals surface area contributed by atoms with E-state index in [2.05, 4.69) is 10.8 Å². The molecule has 0 bridgehead atoms. The fraction of sp³-hybridized carbons (Fsp3) is 0.167. The Balaban J connectivity index is 2.40. The van der Waals surface area contributed by atoms with E-state index in [0.717, 1.165) is 28.0 Å². The van der Waals surface area contributed by atoms with Gasteiger partial charge in [-0.15, -0.1) is 11.8 Å². The molecule has 3 rings (SSSR count). The van der Waals surface area contributed by atoms with Crippen molar-refractivity contribution in [3.05, 3.63) is 60.2 Å². The van der Waals surface area contributed by atoms with Crippen molar-refractivity contribution in [3.8, 4) is 11.3 Å². The number of hydrogen-bond donors (Lipinski definition) is 0. The molecule has 4 heteroatoms. The number of carbonyl (C=O) groups is 1. The van der Waals surface area contributed by atoms with Gasteiger partial charge in [-0.05, 0) is 17.9 Å². The molecule has 3 aromatic rings. The maximum atomic E-state index is 12.4. The van der Waals surface area contributed by atoms with Crippen molar-refractivity contribution >= 4 is 28.6 Å². The highest BCUT2D eigenvalue weighted by Gasteiger charge is 2.23. The topological polar surface area (TPSA) is 31.2 Å². The number of methoxy groups -OCH3 is 1. The molecule has 0 aliphatic heterocycles. The minimum absolute atomic E-state index is 0.296. The van der Waals surface area contributed by atoms with Crippen molar-refractivity contribution in [2.45, 2.75) is 5.88 Å². The van der Waals surface area contributed by atoms with Crippen LogP contribution in [0.3, 0.4) is 0 Å². The number of ether oxygens (including phenoxy) is 1. The number of carbonyl (C=O) groups excluding carboxylic acids is 1. The first-order valence-corrected chi connectivity index (χ1v) is 8.41. The highest BCUT2D eigenvalue weighted by atomic mass is 32.2. The number of esters is 1. The fourth-order valence-corrected chi connectivity index (χ4v) is 3.30. The van der Waals surface area contributed by atoms with Crippen LogP contribution in [0.4, 0.5) is 0 Å². The van der Waals surface area contributed by atoms with Crippen LogP contribution >= 0.6 is 11.8 Å². The Morgan fingerprint density at radius 1 is 1.09 bits per heavy atom. The zero-order valence-corrected chi connectivity index (χ0v) is 13.4. The van der Waals surface area contributed by atoms with E-state index in [1.54, 1.807) is 11.8 Å². The van der Waals surface area contributed by atoms with Crippen LogP contribution in [0.1, 0.15) is 10.4 Å². The van der Waals surface area contributed by atoms with Gasteiger partial charge in [-0.2, -0.15) is 0 Å². The first kappa shape index (κ1) is 14.7. The summed E-state index contributed by atoms with van der Waals surface area (Å²) in [6, 6.07) is 18.0. The number of nitrogens with zero attached hydrogens (tertiary/aromatic N) is 1. The second-order valence-corrected chi connectivity index (χ2v) is 5.78. The molecule has 0 saturated heterocycles. The number of para-hydroxylation sites is 1. The Morgan fingerprint density at radius 3 is 2.45 bits per heavy atom. The standard InChI is InChI=1S/C18H17NO2S/c1-21-18(20)16-14-10-6-7-11-15(14)19(12-22-2)17(16)13-8-4-3-5-9-13/h3-11H,12H2,1-2H3. The summed E-state index contributed by atoms with van der Waals surface area (Å²) < 4.78 is 7.22. The zero-order valence-electron chi connectivity index (χ0n) is 12.6. The Labute approximate surface area is 133 Å². The molecule has 0 aliphatic rings. The van der Waals surface area contributed by atoms with Gasteiger partial charge in [-0.25, -0.2) is 4.79 Å². The third-order valence-electron chi connectivity index (χ3n) is 3.67. The summed E-state index contributed by atoms with van der Waals surface area (Å²) in [6.07, 6.45) is 2.06. The highest BCUT2D eigenvalue weighted by molar-refractivity contribution is 7.97. The van der Waals surface area contributed by atoms with Crippen LogP contribution in [0.15, 0.2) is 54.6 Å². The number of benzene rings is 2. The number of aromatic nitrogens is 1. The van der Waals surface area contributed by atoms with E-state index in [1.165, 1.54) is 7.11 Å². The summed E-state index contributed by atoms with van der Waals surface area (Å²) in [5.74, 6) is 0.483. The number of thioether (sulfide) groups is 1. The van der Waals surface area contributed by atoms with Crippen molar-refractivity contribution in [1.82, 2.24) is 4.57 Å². The van der Waals surface area contributed by atoms with Gasteiger partial charge >= 0.3 is 5.97 Å². The van der Waals surface area contributed by atoms with Crippen molar-refractivity contribution in [3.63, 3.8) is 0 Å². The lowest BCUT2D eigenvalue weighted by molar-refractivity contribution is 0.0603. The average molecular weight is 311 g/mol. The lowest BCUT2D eigenvalue weighted by Gasteiger charge is -2.10. The first-order valence-electron chi connectivity index (χ1n) is 7.01. The summed E-state index contributed by atoms with van der Waals surface area (Å²) in [5, 5.41) is 0.933. The molecule has 2 aromatic carbocycles. The van der Waals surface area contributed by atoms with E-state index in [-0.39, 0.29) is 5.97 Å². The number of rotatable bonds is 4. The van der Waals surface area contributed by atoms with E-state index in [0.29, 0.717) is 5.56 Å². The van der Waals surface area contributed by atoms with Crippen LogP contribution in [0.5, 0.6) is 0 Å². The third kappa shape index (κ3) is 2.40. The van der Waals surface area contributed by atoms with Crippen LogP contribution in [-0.4, -0.2) is 23.9 Å². The van der Waals surface area contributed by atoms with E-state index in [4.69, 9.17) is 4.74 Å². The molecular weight excluding hydrogens is 294 g/mol. The van der Waals surface area contributed by atoms with Crippen LogP contribution < -0.4 is 0 Å². The molecule has 0 aliphatic carbocycles. The molecule has 22 heavy (non-hydrogen) atoms. The molecule has 0 unspecified atom stereocenters. The maximum Gasteiger partial charge on any atom is 0.340 e. The van der Waals surface area contributed by atoms with Gasteiger partial charge in [-0.3, -0.25) is 0 Å². The summed E-state index contributed by atoms with van der Waals surface area (Å²) in [5.41, 5.74) is 3.63. The third-order valence-corrected chi connectivity index (χ3v) is 4.18. The van der Waals surface area contributed by atoms with Gasteiger partial charge in [0.25, 0.3) is 0 Å². The van der Waals surface area contributed by atoms with Gasteiger partial charge in [0.05, 0.1) is 29.8 Å². The molecule has 1 aromatic heterocycles. The molecule has 0 spiro atoms. The maximum absolute atomic E-state index is 12.4. The van der Waals surface area contributed by atoms with Crippen LogP contribution in [0.2, 0.25) is 0 Å². The second kappa shape index (κ2) is 6.28. The average Bonchev–Trinajstić information content (AvgIpc) is 2.90. The van der Waals surface area contributed by atoms with Crippen molar-refractivity contribution in [2.75, 3.05) is 13.4 Å². The van der Waals surface area contributed by atoms with Gasteiger partial charge in [0.2, 0.25) is 0 Å². The highest BCUT2D eigenvalue weighted by Crippen LogP contribution is 2.35. The molecule has 0 fully saturated rings. The normalized spacial score (nSPS) is 10.8. The van der Waals surface area contributed by atoms with E-state index < -0.39 is 0 Å². The number of hydrogen-bond acceptors (Lipinski definition) is 3. The monoisotopic (exact) mass is 311 g/mol. The molecule has 112 valence electrons. The van der Waals surface area contributed by atoms with E-state index in [9.17, 15) is 4.79 Å². The molecule has 3 nitrogen and oxygen atoms in total. The van der Waals surface area contributed by atoms with Crippen LogP contribution in [0.25, 0.3) is 22.2 Å². The summed E-state index contributed by atoms with van der Waals surface area (Å²) in [6.45, 7) is 0. The van der Waals surface area contributed by atoms with Gasteiger partial charge in [0.15, 0.2) is 0 Å². The van der Waals surface area contributed by atoms with Gasteiger partial charge in [0.1, 0.15) is 0 Å². The van der Waals surface area contributed by atoms with Gasteiger partial charge in [0, 0.05) is 5.39 Å². The Kier molecular flexibility index (Phi) is 4.20. The lowest BCUT2D eigenvalue weighted by atomic mass is 10.1. The van der Waals surface area contributed by atoms with Crippen LogP contribution in [0, 0.1) is 0 Å². The summed E-state index contributed by atoms with van der Waals surface area (Å²) >= 11 is 1.72. The van der Waals surface area contributed by atoms with Crippen LogP contribution in [-0.2, 0) is 10.6 Å². The predicted molar refractivity (Wildman–Crippen MR) is 92.2 cm³/mol. The molecule has 0 amide bonds. The Bertz CT molecular complexity index is 809. The minimum atomic E-state index is -0.296. The smallest absolute Gasteiger partial charge is 0.340 e. The molecular formula is C18H17NO2S. The number of fused-ring (bicyclic) bond motifs is 1. The minimum Gasteiger partial charge on any atom is -0.465 e. The molecule has 0 N–H and O–H groups in total. The lowest BCUT2D eigenvalue weighted by Crippen LogP contribution is -2.05. The van der Waals surface area contributed by atoms with E-state index in [1.807, 2.05) is 54.6 Å². The first-order chi connectivity index (χ1) is 10.8. The molecule has 1 heterocycles. The zero-order chi connectivity index (χ0) is 15.5. The summed E-state index contributed by atoms with van der Waals surface area (Å²) in [7, 11) is 1.43. The second-order valence-electron chi connectivity index (χ2n) is 4.94. The largest absolute Gasteiger partial charge is 0.465 e. The van der Waals surface area contributed by atoms with Gasteiger partial charge < -0.3 is 9.30 Å². The van der Waals surface area contributed by atoms with Gasteiger partial charge in [-0.1, -0.05) is 48.5 Å². The molecule has 0 atom stereocenters. The van der Waals surface area contributed by atoms with Crippen molar-refractivity contribution < 1.29 is 9.53 Å². The SMILES string of the molecule is COC(=O)c1c(-c2ccccc2)n(CSC)c2ccccc12. The Morgan fingerprint density at radius 2 is 1.77 bits per heavy atom. The van der Waals surface area contributed by atoms with Crippen molar-refractivity contribution in [2.24, 2.45) is 0 Å². The molecule has 0 saturated carbocycles.